The minimum Gasteiger partial charge on any atom is -0.494 e. The molecule has 1 aromatic heterocycles. The summed E-state index contributed by atoms with van der Waals surface area (Å²) in [7, 11) is 1.85. The summed E-state index contributed by atoms with van der Waals surface area (Å²) < 4.78 is 5.62. The molecule has 2 aromatic rings. The van der Waals surface area contributed by atoms with Crippen LogP contribution in [-0.2, 0) is 4.79 Å². The van der Waals surface area contributed by atoms with E-state index < -0.39 is 0 Å². The number of para-hydroxylation sites is 1. The largest absolute Gasteiger partial charge is 0.494 e. The summed E-state index contributed by atoms with van der Waals surface area (Å²) in [6.45, 7) is 6.63. The second-order valence-electron chi connectivity index (χ2n) is 5.62. The van der Waals surface area contributed by atoms with E-state index >= 15 is 0 Å². The topological polar surface area (TPSA) is 42.4 Å². The van der Waals surface area contributed by atoms with E-state index in [9.17, 15) is 4.79 Å². The highest BCUT2D eigenvalue weighted by Gasteiger charge is 2.21. The van der Waals surface area contributed by atoms with Gasteiger partial charge >= 0.3 is 0 Å². The molecule has 124 valence electrons. The van der Waals surface area contributed by atoms with Crippen molar-refractivity contribution in [1.82, 2.24) is 9.88 Å². The van der Waals surface area contributed by atoms with Gasteiger partial charge in [-0.2, -0.15) is 0 Å². The molecule has 5 heteroatoms. The van der Waals surface area contributed by atoms with Crippen molar-refractivity contribution in [2.75, 3.05) is 13.7 Å². The second-order valence-corrected chi connectivity index (χ2v) is 7.03. The first-order chi connectivity index (χ1) is 11.0. The minimum absolute atomic E-state index is 0.00231. The molecule has 1 atom stereocenters. The van der Waals surface area contributed by atoms with E-state index in [1.54, 1.807) is 16.2 Å². The number of carbonyl (C=O) groups excluding carboxylic acids is 1. The van der Waals surface area contributed by atoms with Gasteiger partial charge in [-0.1, -0.05) is 18.2 Å². The van der Waals surface area contributed by atoms with Gasteiger partial charge in [0.25, 0.3) is 0 Å². The smallest absolute Gasteiger partial charge is 0.222 e. The molecule has 0 saturated carbocycles. The van der Waals surface area contributed by atoms with Crippen LogP contribution in [0.4, 0.5) is 0 Å². The van der Waals surface area contributed by atoms with Crippen LogP contribution in [0.3, 0.4) is 0 Å². The molecule has 2 rings (SSSR count). The van der Waals surface area contributed by atoms with Crippen LogP contribution in [0.1, 0.15) is 41.4 Å². The van der Waals surface area contributed by atoms with Crippen LogP contribution in [0.2, 0.25) is 0 Å². The zero-order valence-corrected chi connectivity index (χ0v) is 15.0. The first-order valence-corrected chi connectivity index (χ1v) is 8.68. The summed E-state index contributed by atoms with van der Waals surface area (Å²) in [5, 5.41) is 1.04. The lowest BCUT2D eigenvalue weighted by Crippen LogP contribution is -2.30. The molecule has 0 bridgehead atoms. The molecule has 0 aliphatic rings. The SMILES string of the molecule is Cc1nc([C@H](C)N(C)C(=O)CCCOc2ccccc2)c(C)s1. The number of rotatable bonds is 7. The standard InChI is InChI=1S/C18H24N2O2S/c1-13(18-14(2)23-15(3)19-18)20(4)17(21)11-8-12-22-16-9-6-5-7-10-16/h5-7,9-10,13H,8,11-12H2,1-4H3/t13-/m0/s1. The molecule has 1 amide bonds. The van der Waals surface area contributed by atoms with E-state index in [4.69, 9.17) is 4.74 Å². The monoisotopic (exact) mass is 332 g/mol. The van der Waals surface area contributed by atoms with Gasteiger partial charge in [0, 0.05) is 18.3 Å². The highest BCUT2D eigenvalue weighted by molar-refractivity contribution is 7.11. The summed E-state index contributed by atoms with van der Waals surface area (Å²) >= 11 is 1.68. The fourth-order valence-corrected chi connectivity index (χ4v) is 3.35. The number of aromatic nitrogens is 1. The molecule has 0 unspecified atom stereocenters. The van der Waals surface area contributed by atoms with Crippen molar-refractivity contribution >= 4 is 17.2 Å². The summed E-state index contributed by atoms with van der Waals surface area (Å²) in [6, 6.07) is 9.67. The van der Waals surface area contributed by atoms with E-state index in [-0.39, 0.29) is 11.9 Å². The maximum atomic E-state index is 12.3. The predicted molar refractivity (Wildman–Crippen MR) is 93.9 cm³/mol. The number of amides is 1. The molecule has 0 N–H and O–H groups in total. The summed E-state index contributed by atoms with van der Waals surface area (Å²) in [4.78, 5) is 19.8. The number of benzene rings is 1. The van der Waals surface area contributed by atoms with Gasteiger partial charge < -0.3 is 9.64 Å². The number of hydrogen-bond donors (Lipinski definition) is 0. The average Bonchev–Trinajstić information content (AvgIpc) is 2.89. The molecule has 0 aliphatic heterocycles. The third kappa shape index (κ3) is 4.79. The zero-order chi connectivity index (χ0) is 16.8. The Morgan fingerprint density at radius 2 is 2.00 bits per heavy atom. The molecule has 0 saturated heterocycles. The highest BCUT2D eigenvalue weighted by atomic mass is 32.1. The van der Waals surface area contributed by atoms with Gasteiger partial charge in [-0.25, -0.2) is 4.98 Å². The second kappa shape index (κ2) is 8.11. The Morgan fingerprint density at radius 3 is 2.61 bits per heavy atom. The Balaban J connectivity index is 1.79. The zero-order valence-electron chi connectivity index (χ0n) is 14.2. The van der Waals surface area contributed by atoms with Crippen molar-refractivity contribution in [1.29, 1.82) is 0 Å². The third-order valence-electron chi connectivity index (χ3n) is 3.86. The van der Waals surface area contributed by atoms with Crippen LogP contribution in [0, 0.1) is 13.8 Å². The summed E-state index contributed by atoms with van der Waals surface area (Å²) in [5.74, 6) is 0.967. The van der Waals surface area contributed by atoms with Crippen LogP contribution in [0.5, 0.6) is 5.75 Å². The van der Waals surface area contributed by atoms with Crippen LogP contribution < -0.4 is 4.74 Å². The van der Waals surface area contributed by atoms with Crippen molar-refractivity contribution in [2.24, 2.45) is 0 Å². The normalized spacial score (nSPS) is 12.0. The van der Waals surface area contributed by atoms with Gasteiger partial charge in [0.15, 0.2) is 0 Å². The maximum absolute atomic E-state index is 12.3. The lowest BCUT2D eigenvalue weighted by atomic mass is 10.1. The first-order valence-electron chi connectivity index (χ1n) is 7.86. The number of carbonyl (C=O) groups is 1. The van der Waals surface area contributed by atoms with Gasteiger partial charge in [0.1, 0.15) is 5.75 Å². The van der Waals surface area contributed by atoms with Crippen LogP contribution in [0.15, 0.2) is 30.3 Å². The fraction of sp³-hybridized carbons (Fsp3) is 0.444. The van der Waals surface area contributed by atoms with Gasteiger partial charge in [-0.05, 0) is 39.3 Å². The van der Waals surface area contributed by atoms with Crippen molar-refractivity contribution in [3.05, 3.63) is 45.9 Å². The Kier molecular flexibility index (Phi) is 6.16. The van der Waals surface area contributed by atoms with Crippen LogP contribution >= 0.6 is 11.3 Å². The quantitative estimate of drug-likeness (QED) is 0.716. The molecule has 0 spiro atoms. The lowest BCUT2D eigenvalue weighted by Gasteiger charge is -2.24. The van der Waals surface area contributed by atoms with Gasteiger partial charge in [-0.15, -0.1) is 11.3 Å². The fourth-order valence-electron chi connectivity index (χ4n) is 2.44. The number of ether oxygens (including phenoxy) is 1. The number of hydrogen-bond acceptors (Lipinski definition) is 4. The van der Waals surface area contributed by atoms with E-state index in [2.05, 4.69) is 11.9 Å². The molecule has 1 heterocycles. The summed E-state index contributed by atoms with van der Waals surface area (Å²) in [5.41, 5.74) is 1.00. The number of aryl methyl sites for hydroxylation is 2. The third-order valence-corrected chi connectivity index (χ3v) is 4.76. The van der Waals surface area contributed by atoms with Crippen molar-refractivity contribution < 1.29 is 9.53 Å². The van der Waals surface area contributed by atoms with Crippen molar-refractivity contribution in [3.8, 4) is 5.75 Å². The van der Waals surface area contributed by atoms with Gasteiger partial charge in [0.05, 0.1) is 23.4 Å². The Labute approximate surface area is 142 Å². The van der Waals surface area contributed by atoms with Crippen LogP contribution in [-0.4, -0.2) is 29.4 Å². The Morgan fingerprint density at radius 1 is 1.30 bits per heavy atom. The first kappa shape index (κ1) is 17.5. The Hall–Kier alpha value is -1.88. The molecule has 0 fully saturated rings. The van der Waals surface area contributed by atoms with E-state index in [1.165, 1.54) is 4.88 Å². The van der Waals surface area contributed by atoms with E-state index in [0.29, 0.717) is 19.4 Å². The van der Waals surface area contributed by atoms with Gasteiger partial charge in [-0.3, -0.25) is 4.79 Å². The van der Waals surface area contributed by atoms with Crippen LogP contribution in [0.25, 0.3) is 0 Å². The minimum atomic E-state index is 0.00231. The molecule has 0 radical (unpaired) electrons. The molecular formula is C18H24N2O2S. The van der Waals surface area contributed by atoms with Crippen molar-refractivity contribution in [3.63, 3.8) is 0 Å². The highest BCUT2D eigenvalue weighted by Crippen LogP contribution is 2.26. The summed E-state index contributed by atoms with van der Waals surface area (Å²) in [6.07, 6.45) is 1.19. The number of nitrogens with zero attached hydrogens (tertiary/aromatic N) is 2. The van der Waals surface area contributed by atoms with Crippen molar-refractivity contribution in [2.45, 2.75) is 39.7 Å². The van der Waals surface area contributed by atoms with E-state index in [1.807, 2.05) is 51.2 Å². The lowest BCUT2D eigenvalue weighted by molar-refractivity contribution is -0.132. The number of thiazole rings is 1. The maximum Gasteiger partial charge on any atom is 0.222 e. The molecular weight excluding hydrogens is 308 g/mol. The van der Waals surface area contributed by atoms with Gasteiger partial charge in [0.2, 0.25) is 5.91 Å². The average molecular weight is 332 g/mol. The molecule has 23 heavy (non-hydrogen) atoms. The predicted octanol–water partition coefficient (Wildman–Crippen LogP) is 4.14. The molecule has 4 nitrogen and oxygen atoms in total. The Bertz CT molecular complexity index is 640. The van der Waals surface area contributed by atoms with E-state index in [0.717, 1.165) is 16.5 Å². The molecule has 0 aliphatic carbocycles. The molecule has 1 aromatic carbocycles.